The van der Waals surface area contributed by atoms with Crippen molar-refractivity contribution in [1.82, 2.24) is 24.9 Å². The number of halogens is 2. The van der Waals surface area contributed by atoms with Crippen molar-refractivity contribution in [2.24, 2.45) is 5.92 Å². The van der Waals surface area contributed by atoms with E-state index in [9.17, 15) is 22.8 Å². The zero-order valence-corrected chi connectivity index (χ0v) is 33.0. The lowest BCUT2D eigenvalue weighted by atomic mass is 10.1. The van der Waals surface area contributed by atoms with Crippen molar-refractivity contribution in [3.05, 3.63) is 88.9 Å². The zero-order valence-electron chi connectivity index (χ0n) is 29.9. The Morgan fingerprint density at radius 3 is 2.49 bits per heavy atom. The van der Waals surface area contributed by atoms with E-state index < -0.39 is 62.6 Å². The molecule has 1 aliphatic heterocycles. The summed E-state index contributed by atoms with van der Waals surface area (Å²) in [5.74, 6) is -1.77. The Morgan fingerprint density at radius 2 is 1.84 bits per heavy atom. The average molecular weight is 826 g/mol. The van der Waals surface area contributed by atoms with Gasteiger partial charge in [-0.3, -0.25) is 19.1 Å². The number of benzene rings is 2. The van der Waals surface area contributed by atoms with Gasteiger partial charge in [-0.1, -0.05) is 48.0 Å². The van der Waals surface area contributed by atoms with Gasteiger partial charge in [0, 0.05) is 44.1 Å². The number of sulfonamides is 1. The topological polar surface area (TPSA) is 169 Å². The molecule has 3 N–H and O–H groups in total. The first-order chi connectivity index (χ1) is 26.2. The minimum Gasteiger partial charge on any atom is -0.494 e. The molecule has 0 radical (unpaired) electrons. The van der Waals surface area contributed by atoms with Crippen molar-refractivity contribution in [2.45, 2.75) is 61.6 Å². The second kappa shape index (κ2) is 15.1. The minimum atomic E-state index is -3.90. The summed E-state index contributed by atoms with van der Waals surface area (Å²) in [6.07, 6.45) is 3.36. The number of methoxy groups -OCH3 is 1. The van der Waals surface area contributed by atoms with E-state index in [2.05, 4.69) is 38.5 Å². The molecule has 2 aliphatic carbocycles. The van der Waals surface area contributed by atoms with Crippen LogP contribution in [0.3, 0.4) is 0 Å². The molecule has 2 aromatic carbocycles. The van der Waals surface area contributed by atoms with E-state index >= 15 is 0 Å². The van der Waals surface area contributed by atoms with E-state index in [1.807, 2.05) is 17.5 Å². The summed E-state index contributed by atoms with van der Waals surface area (Å²) in [6.45, 7) is 9.51. The molecule has 3 amide bonds. The Morgan fingerprint density at radius 1 is 1.11 bits per heavy atom. The van der Waals surface area contributed by atoms with Gasteiger partial charge in [-0.25, -0.2) is 18.4 Å². The molecule has 5 atom stereocenters. The lowest BCUT2D eigenvalue weighted by Crippen LogP contribution is -2.57. The molecule has 3 heterocycles. The maximum absolute atomic E-state index is 14.6. The molecule has 7 rings (SSSR count). The van der Waals surface area contributed by atoms with Crippen molar-refractivity contribution in [2.75, 3.05) is 19.0 Å². The monoisotopic (exact) mass is 824 g/mol. The second-order valence-electron chi connectivity index (χ2n) is 14.0. The third-order valence-electron chi connectivity index (χ3n) is 10.0. The van der Waals surface area contributed by atoms with Crippen LogP contribution in [0.5, 0.6) is 11.6 Å². The van der Waals surface area contributed by atoms with Gasteiger partial charge in [0.05, 0.1) is 30.8 Å². The van der Waals surface area contributed by atoms with Crippen LogP contribution in [0.4, 0.5) is 5.13 Å². The molecule has 4 aromatic rings. The zero-order chi connectivity index (χ0) is 39.2. The number of thiazole rings is 1. The fourth-order valence-electron chi connectivity index (χ4n) is 6.75. The van der Waals surface area contributed by atoms with Crippen molar-refractivity contribution in [1.29, 1.82) is 0 Å². The van der Waals surface area contributed by atoms with E-state index in [4.69, 9.17) is 32.7 Å². The van der Waals surface area contributed by atoms with Gasteiger partial charge in [0.15, 0.2) is 5.13 Å². The third kappa shape index (κ3) is 7.88. The number of carbonyl (C=O) groups excluding carboxylic acids is 3. The molecule has 0 spiro atoms. The Balaban J connectivity index is 1.17. The minimum absolute atomic E-state index is 0.0189. The van der Waals surface area contributed by atoms with Gasteiger partial charge in [0.2, 0.25) is 27.7 Å². The van der Waals surface area contributed by atoms with Gasteiger partial charge in [0.25, 0.3) is 5.91 Å². The number of hydrogen-bond acceptors (Lipinski definition) is 11. The van der Waals surface area contributed by atoms with Gasteiger partial charge in [-0.05, 0) is 62.1 Å². The molecule has 55 heavy (non-hydrogen) atoms. The van der Waals surface area contributed by atoms with Gasteiger partial charge in [0.1, 0.15) is 29.5 Å². The molecule has 3 aliphatic rings. The number of hydrogen-bond donors (Lipinski definition) is 3. The normalized spacial score (nSPS) is 22.4. The second-order valence-corrected chi connectivity index (χ2v) is 17.6. The molecule has 1 saturated heterocycles. The van der Waals surface area contributed by atoms with Gasteiger partial charge in [-0.2, -0.15) is 0 Å². The quantitative estimate of drug-likeness (QED) is 0.133. The molecule has 3 fully saturated rings. The number of anilines is 1. The predicted octanol–water partition coefficient (Wildman–Crippen LogP) is 5.75. The van der Waals surface area contributed by atoms with E-state index in [1.54, 1.807) is 37.3 Å². The summed E-state index contributed by atoms with van der Waals surface area (Å²) in [5, 5.41) is 9.95. The molecule has 0 unspecified atom stereocenters. The van der Waals surface area contributed by atoms with E-state index in [0.29, 0.717) is 55.8 Å². The van der Waals surface area contributed by atoms with Gasteiger partial charge < -0.3 is 25.0 Å². The number of carbonyl (C=O) groups is 3. The number of nitrogens with zero attached hydrogens (tertiary/aromatic N) is 3. The highest BCUT2D eigenvalue weighted by Gasteiger charge is 2.62. The van der Waals surface area contributed by atoms with Crippen LogP contribution in [-0.2, 0) is 24.4 Å². The lowest BCUT2D eigenvalue weighted by molar-refractivity contribution is -0.139. The Kier molecular flexibility index (Phi) is 10.6. The van der Waals surface area contributed by atoms with E-state index in [-0.39, 0.29) is 25.3 Å². The lowest BCUT2D eigenvalue weighted by Gasteiger charge is -2.30. The summed E-state index contributed by atoms with van der Waals surface area (Å²) in [6, 6.07) is 10.3. The average Bonchev–Trinajstić information content (AvgIpc) is 4.04. The maximum Gasteiger partial charge on any atom is 0.259 e. The van der Waals surface area contributed by atoms with Crippen LogP contribution in [0.2, 0.25) is 10.0 Å². The number of amides is 3. The fraction of sp³-hybridized carbons (Fsp3) is 0.342. The highest BCUT2D eigenvalue weighted by atomic mass is 35.5. The van der Waals surface area contributed by atoms with Crippen LogP contribution in [0.1, 0.15) is 32.6 Å². The number of ether oxygens (including phenoxy) is 2. The molecule has 17 heteroatoms. The first-order valence-electron chi connectivity index (χ1n) is 17.5. The Hall–Kier alpha value is -4.70. The van der Waals surface area contributed by atoms with E-state index in [1.165, 1.54) is 35.6 Å². The van der Waals surface area contributed by atoms with E-state index in [0.717, 1.165) is 5.56 Å². The molecule has 2 aromatic heterocycles. The molecule has 13 nitrogen and oxygen atoms in total. The van der Waals surface area contributed by atoms with Crippen molar-refractivity contribution < 1.29 is 32.3 Å². The van der Waals surface area contributed by atoms with Crippen LogP contribution in [0, 0.1) is 5.92 Å². The Labute approximate surface area is 332 Å². The molecule has 2 saturated carbocycles. The summed E-state index contributed by atoms with van der Waals surface area (Å²) in [7, 11) is -2.38. The summed E-state index contributed by atoms with van der Waals surface area (Å²) in [5.41, 5.74) is 0.426. The standard InChI is InChI=1S/C38H38Cl2N6O7S2/c1-5-22-16-38(22,36(49)45-55(50,51)26-11-12-26)44-33(47)30-15-25(53-34-28-14-24(40)10-13-27(28)31(52-4)17-41-34)18-46(30)35(48)32(20(2)3)43-37-42-29(19-54-37)21-6-8-23(39)9-7-21/h5-10,13-14,17,19,22,25-26,30,32H,1-2,11-12,15-16,18H2,3-4H3,(H,42,43)(H,44,47)(H,45,49)/t22-,25-,30+,32+,38-/m1/s1. The van der Waals surface area contributed by atoms with Crippen molar-refractivity contribution in [3.8, 4) is 22.9 Å². The summed E-state index contributed by atoms with van der Waals surface area (Å²) < 4.78 is 39.5. The van der Waals surface area contributed by atoms with Crippen molar-refractivity contribution in [3.63, 3.8) is 0 Å². The van der Waals surface area contributed by atoms with Crippen LogP contribution in [0.15, 0.2) is 78.8 Å². The van der Waals surface area contributed by atoms with Gasteiger partial charge >= 0.3 is 0 Å². The van der Waals surface area contributed by atoms with Crippen molar-refractivity contribution >= 4 is 78.2 Å². The SMILES string of the molecule is C=C[C@@H]1C[C@]1(NC(=O)[C@@H]1C[C@@H](Oc2ncc(OC)c3ccc(Cl)cc23)CN1C(=O)[C@@H](Nc1nc(-c2ccc(Cl)cc2)cs1)C(=C)C)C(=O)NS(=O)(=O)C1CC1. The number of pyridine rings is 1. The third-order valence-corrected chi connectivity index (χ3v) is 13.1. The van der Waals surface area contributed by atoms with Crippen LogP contribution < -0.4 is 24.8 Å². The maximum atomic E-state index is 14.6. The first kappa shape index (κ1) is 38.6. The summed E-state index contributed by atoms with van der Waals surface area (Å²) in [4.78, 5) is 52.9. The highest BCUT2D eigenvalue weighted by molar-refractivity contribution is 7.91. The Bertz CT molecular complexity index is 2320. The number of likely N-dealkylation sites (tertiary alicyclic amines) is 1. The van der Waals surface area contributed by atoms with Crippen LogP contribution in [-0.4, -0.2) is 83.6 Å². The summed E-state index contributed by atoms with van der Waals surface area (Å²) >= 11 is 13.7. The first-order valence-corrected chi connectivity index (χ1v) is 20.6. The van der Waals surface area contributed by atoms with Crippen LogP contribution >= 0.6 is 34.5 Å². The number of aromatic nitrogens is 2. The molecule has 288 valence electrons. The highest BCUT2D eigenvalue weighted by Crippen LogP contribution is 2.46. The number of nitrogens with one attached hydrogen (secondary N) is 3. The molecular formula is C38H38Cl2N6O7S2. The molecular weight excluding hydrogens is 787 g/mol. The largest absolute Gasteiger partial charge is 0.494 e. The predicted molar refractivity (Wildman–Crippen MR) is 212 cm³/mol. The number of rotatable bonds is 14. The smallest absolute Gasteiger partial charge is 0.259 e. The van der Waals surface area contributed by atoms with Gasteiger partial charge in [-0.15, -0.1) is 17.9 Å². The number of fused-ring (bicyclic) bond motifs is 1. The van der Waals surface area contributed by atoms with Crippen LogP contribution in [0.25, 0.3) is 22.0 Å². The molecule has 0 bridgehead atoms. The fourth-order valence-corrected chi connectivity index (χ4v) is 9.16.